The van der Waals surface area contributed by atoms with Crippen molar-refractivity contribution in [3.05, 3.63) is 53.9 Å². The lowest BCUT2D eigenvalue weighted by molar-refractivity contribution is -0.122. The van der Waals surface area contributed by atoms with Crippen molar-refractivity contribution < 1.29 is 14.3 Å². The van der Waals surface area contributed by atoms with Crippen molar-refractivity contribution in [3.8, 4) is 5.75 Å². The Balaban J connectivity index is 1.43. The van der Waals surface area contributed by atoms with E-state index in [1.54, 1.807) is 6.92 Å². The summed E-state index contributed by atoms with van der Waals surface area (Å²) in [4.78, 5) is 20.6. The van der Waals surface area contributed by atoms with Gasteiger partial charge in [-0.15, -0.1) is 0 Å². The predicted octanol–water partition coefficient (Wildman–Crippen LogP) is 5.12. The van der Waals surface area contributed by atoms with E-state index < -0.39 is 6.10 Å². The number of aromatic amines is 1. The summed E-state index contributed by atoms with van der Waals surface area (Å²) in [6.07, 6.45) is 1.45. The molecule has 2 heterocycles. The molecule has 1 saturated heterocycles. The molecular formula is C24H29N3O3. The molecule has 1 amide bonds. The molecular weight excluding hydrogens is 378 g/mol. The van der Waals surface area contributed by atoms with Crippen LogP contribution in [-0.2, 0) is 14.9 Å². The van der Waals surface area contributed by atoms with Crippen LogP contribution in [0.3, 0.4) is 0 Å². The monoisotopic (exact) mass is 407 g/mol. The molecule has 6 nitrogen and oxygen atoms in total. The van der Waals surface area contributed by atoms with Gasteiger partial charge in [-0.25, -0.2) is 4.98 Å². The Bertz CT molecular complexity index is 1050. The minimum Gasteiger partial charge on any atom is -0.481 e. The van der Waals surface area contributed by atoms with Crippen molar-refractivity contribution in [2.45, 2.75) is 58.2 Å². The number of rotatable bonds is 5. The third-order valence-electron chi connectivity index (χ3n) is 5.38. The normalized spacial score (nSPS) is 17.8. The van der Waals surface area contributed by atoms with Gasteiger partial charge in [-0.1, -0.05) is 32.9 Å². The lowest BCUT2D eigenvalue weighted by Gasteiger charge is -2.21. The molecule has 1 aliphatic heterocycles. The fourth-order valence-electron chi connectivity index (χ4n) is 3.59. The van der Waals surface area contributed by atoms with Crippen molar-refractivity contribution in [1.29, 1.82) is 0 Å². The molecule has 2 N–H and O–H groups in total. The SMILES string of the molecule is CC(Oc1cccc(C(C)(C)C)c1)C(=O)Nc1ccc2nc(C3CCCO3)[nH]c2c1. The van der Waals surface area contributed by atoms with Crippen LogP contribution in [0.4, 0.5) is 5.69 Å². The second-order valence-electron chi connectivity index (χ2n) is 8.88. The number of hydrogen-bond donors (Lipinski definition) is 2. The van der Waals surface area contributed by atoms with Gasteiger partial charge in [0.05, 0.1) is 11.0 Å². The summed E-state index contributed by atoms with van der Waals surface area (Å²) in [5, 5.41) is 2.93. The number of fused-ring (bicyclic) bond motifs is 1. The van der Waals surface area contributed by atoms with Crippen LogP contribution in [0.2, 0.25) is 0 Å². The number of nitrogens with zero attached hydrogens (tertiary/aromatic N) is 1. The van der Waals surface area contributed by atoms with Crippen LogP contribution in [0.1, 0.15) is 58.0 Å². The Kier molecular flexibility index (Phi) is 5.52. The van der Waals surface area contributed by atoms with E-state index in [9.17, 15) is 4.79 Å². The lowest BCUT2D eigenvalue weighted by atomic mass is 9.87. The Morgan fingerprint density at radius 3 is 2.83 bits per heavy atom. The summed E-state index contributed by atoms with van der Waals surface area (Å²) in [7, 11) is 0. The average Bonchev–Trinajstić information content (AvgIpc) is 3.36. The van der Waals surface area contributed by atoms with Crippen LogP contribution in [0.5, 0.6) is 5.75 Å². The molecule has 30 heavy (non-hydrogen) atoms. The molecule has 158 valence electrons. The molecule has 0 spiro atoms. The highest BCUT2D eigenvalue weighted by molar-refractivity contribution is 5.95. The van der Waals surface area contributed by atoms with E-state index in [4.69, 9.17) is 9.47 Å². The van der Waals surface area contributed by atoms with Gasteiger partial charge in [0.25, 0.3) is 5.91 Å². The Morgan fingerprint density at radius 2 is 2.10 bits per heavy atom. The van der Waals surface area contributed by atoms with E-state index in [1.165, 1.54) is 5.56 Å². The van der Waals surface area contributed by atoms with Gasteiger partial charge in [0.1, 0.15) is 17.7 Å². The van der Waals surface area contributed by atoms with Gasteiger partial charge in [-0.2, -0.15) is 0 Å². The predicted molar refractivity (Wildman–Crippen MR) is 118 cm³/mol. The second-order valence-corrected chi connectivity index (χ2v) is 8.88. The number of ether oxygens (including phenoxy) is 2. The van der Waals surface area contributed by atoms with Gasteiger partial charge in [0.2, 0.25) is 0 Å². The largest absolute Gasteiger partial charge is 0.481 e. The summed E-state index contributed by atoms with van der Waals surface area (Å²) < 4.78 is 11.6. The zero-order valence-corrected chi connectivity index (χ0v) is 18.0. The van der Waals surface area contributed by atoms with E-state index in [2.05, 4.69) is 42.1 Å². The fourth-order valence-corrected chi connectivity index (χ4v) is 3.59. The van der Waals surface area contributed by atoms with Crippen LogP contribution in [0.15, 0.2) is 42.5 Å². The minimum atomic E-state index is -0.625. The molecule has 3 aromatic rings. The number of nitrogens with one attached hydrogen (secondary N) is 2. The zero-order chi connectivity index (χ0) is 21.3. The maximum atomic E-state index is 12.7. The quantitative estimate of drug-likeness (QED) is 0.616. The smallest absolute Gasteiger partial charge is 0.265 e. The summed E-state index contributed by atoms with van der Waals surface area (Å²) in [6.45, 7) is 8.98. The van der Waals surface area contributed by atoms with Crippen LogP contribution in [0.25, 0.3) is 11.0 Å². The first-order valence-electron chi connectivity index (χ1n) is 10.5. The first-order chi connectivity index (χ1) is 14.3. The standard InChI is InChI=1S/C24H29N3O3/c1-15(30-18-8-5-7-16(13-18)24(2,3)4)23(28)25-17-10-11-19-20(14-17)27-22(26-19)21-9-6-12-29-21/h5,7-8,10-11,13-15,21H,6,9,12H2,1-4H3,(H,25,28)(H,26,27). The van der Waals surface area contributed by atoms with Crippen molar-refractivity contribution in [1.82, 2.24) is 9.97 Å². The Hall–Kier alpha value is -2.86. The van der Waals surface area contributed by atoms with Crippen LogP contribution >= 0.6 is 0 Å². The maximum Gasteiger partial charge on any atom is 0.265 e. The highest BCUT2D eigenvalue weighted by Gasteiger charge is 2.22. The van der Waals surface area contributed by atoms with E-state index in [0.29, 0.717) is 11.4 Å². The topological polar surface area (TPSA) is 76.2 Å². The number of amides is 1. The van der Waals surface area contributed by atoms with Crippen LogP contribution < -0.4 is 10.1 Å². The highest BCUT2D eigenvalue weighted by atomic mass is 16.5. The number of aromatic nitrogens is 2. The molecule has 2 aromatic carbocycles. The first kappa shape index (κ1) is 20.4. The van der Waals surface area contributed by atoms with Gasteiger partial charge in [0.15, 0.2) is 6.10 Å². The van der Waals surface area contributed by atoms with Gasteiger partial charge in [0, 0.05) is 12.3 Å². The van der Waals surface area contributed by atoms with Crippen molar-refractivity contribution in [2.24, 2.45) is 0 Å². The van der Waals surface area contributed by atoms with Crippen molar-refractivity contribution >= 4 is 22.6 Å². The Labute approximate surface area is 177 Å². The van der Waals surface area contributed by atoms with Gasteiger partial charge in [-0.3, -0.25) is 4.79 Å². The number of imidazole rings is 1. The number of carbonyl (C=O) groups is 1. The molecule has 1 aromatic heterocycles. The van der Waals surface area contributed by atoms with Crippen molar-refractivity contribution in [3.63, 3.8) is 0 Å². The van der Waals surface area contributed by atoms with Gasteiger partial charge >= 0.3 is 0 Å². The number of anilines is 1. The van der Waals surface area contributed by atoms with Crippen LogP contribution in [0, 0.1) is 0 Å². The zero-order valence-electron chi connectivity index (χ0n) is 18.0. The van der Waals surface area contributed by atoms with E-state index >= 15 is 0 Å². The summed E-state index contributed by atoms with van der Waals surface area (Å²) in [5.41, 5.74) is 3.63. The molecule has 1 aliphatic rings. The number of hydrogen-bond acceptors (Lipinski definition) is 4. The second kappa shape index (κ2) is 8.11. The Morgan fingerprint density at radius 1 is 1.27 bits per heavy atom. The number of benzene rings is 2. The molecule has 0 bridgehead atoms. The number of carbonyl (C=O) groups excluding carboxylic acids is 1. The average molecular weight is 408 g/mol. The summed E-state index contributed by atoms with van der Waals surface area (Å²) >= 11 is 0. The third-order valence-corrected chi connectivity index (χ3v) is 5.38. The highest BCUT2D eigenvalue weighted by Crippen LogP contribution is 2.29. The number of H-pyrrole nitrogens is 1. The molecule has 2 atom stereocenters. The van der Waals surface area contributed by atoms with E-state index in [0.717, 1.165) is 36.3 Å². The third kappa shape index (κ3) is 4.49. The molecule has 6 heteroatoms. The van der Waals surface area contributed by atoms with E-state index in [-0.39, 0.29) is 17.4 Å². The van der Waals surface area contributed by atoms with Crippen molar-refractivity contribution in [2.75, 3.05) is 11.9 Å². The first-order valence-corrected chi connectivity index (χ1v) is 10.5. The molecule has 0 saturated carbocycles. The van der Waals surface area contributed by atoms with Crippen LogP contribution in [-0.4, -0.2) is 28.6 Å². The van der Waals surface area contributed by atoms with Gasteiger partial charge in [-0.05, 0) is 61.1 Å². The fraction of sp³-hybridized carbons (Fsp3) is 0.417. The molecule has 1 fully saturated rings. The molecule has 0 aliphatic carbocycles. The lowest BCUT2D eigenvalue weighted by Crippen LogP contribution is -2.30. The molecule has 0 radical (unpaired) electrons. The maximum absolute atomic E-state index is 12.7. The summed E-state index contributed by atoms with van der Waals surface area (Å²) in [5.74, 6) is 1.34. The molecule has 2 unspecified atom stereocenters. The molecule has 4 rings (SSSR count). The summed E-state index contributed by atoms with van der Waals surface area (Å²) in [6, 6.07) is 13.5. The van der Waals surface area contributed by atoms with E-state index in [1.807, 2.05) is 36.4 Å². The minimum absolute atomic E-state index is 0.0206. The van der Waals surface area contributed by atoms with Gasteiger partial charge < -0.3 is 19.8 Å².